The van der Waals surface area contributed by atoms with Gasteiger partial charge in [0.1, 0.15) is 11.6 Å². The van der Waals surface area contributed by atoms with Gasteiger partial charge in [-0.1, -0.05) is 0 Å². The van der Waals surface area contributed by atoms with Gasteiger partial charge in [0.05, 0.1) is 10.2 Å². The Hall–Kier alpha value is -0.640. The second-order valence-corrected chi connectivity index (χ2v) is 4.76. The highest BCUT2D eigenvalue weighted by Gasteiger charge is 2.23. The Morgan fingerprint density at radius 1 is 1.33 bits per heavy atom. The Bertz CT molecular complexity index is 381. The summed E-state index contributed by atoms with van der Waals surface area (Å²) in [4.78, 5) is 1.92. The minimum atomic E-state index is -0.412. The average Bonchev–Trinajstić information content (AvgIpc) is 2.58. The summed E-state index contributed by atoms with van der Waals surface area (Å²) in [6.07, 6.45) is 2.08. The van der Waals surface area contributed by atoms with E-state index in [1.54, 1.807) is 0 Å². The van der Waals surface area contributed by atoms with E-state index in [2.05, 4.69) is 15.9 Å². The number of benzene rings is 1. The van der Waals surface area contributed by atoms with Crippen LogP contribution in [0.25, 0.3) is 0 Å². The molecule has 82 valence electrons. The number of nitrogens with zero attached hydrogens (tertiary/aromatic N) is 1. The van der Waals surface area contributed by atoms with E-state index in [9.17, 15) is 8.78 Å². The van der Waals surface area contributed by atoms with Gasteiger partial charge in [0.15, 0.2) is 0 Å². The molecule has 0 saturated carbocycles. The van der Waals surface area contributed by atoms with Crippen molar-refractivity contribution in [2.45, 2.75) is 25.8 Å². The van der Waals surface area contributed by atoms with Crippen LogP contribution in [0.5, 0.6) is 0 Å². The van der Waals surface area contributed by atoms with Crippen LogP contribution in [0.3, 0.4) is 0 Å². The number of hydrogen-bond donors (Lipinski definition) is 0. The molecule has 1 aliphatic rings. The van der Waals surface area contributed by atoms with Gasteiger partial charge >= 0.3 is 0 Å². The molecule has 1 saturated heterocycles. The third-order valence-electron chi connectivity index (χ3n) is 2.85. The summed E-state index contributed by atoms with van der Waals surface area (Å²) in [5.41, 5.74) is 0.376. The van der Waals surface area contributed by atoms with Crippen molar-refractivity contribution >= 4 is 21.6 Å². The van der Waals surface area contributed by atoms with Crippen molar-refractivity contribution in [1.29, 1.82) is 0 Å². The first-order chi connectivity index (χ1) is 7.09. The van der Waals surface area contributed by atoms with Gasteiger partial charge in [-0.25, -0.2) is 8.78 Å². The van der Waals surface area contributed by atoms with Crippen molar-refractivity contribution in [3.63, 3.8) is 0 Å². The second-order valence-electron chi connectivity index (χ2n) is 3.90. The minimum Gasteiger partial charge on any atom is -0.366 e. The van der Waals surface area contributed by atoms with Gasteiger partial charge in [0.25, 0.3) is 0 Å². The molecular formula is C11H12BrF2N. The van der Waals surface area contributed by atoms with Gasteiger partial charge in [0, 0.05) is 18.7 Å². The molecule has 0 N–H and O–H groups in total. The third kappa shape index (κ3) is 2.00. The Labute approximate surface area is 96.2 Å². The first-order valence-corrected chi connectivity index (χ1v) is 5.80. The maximum atomic E-state index is 13.6. The smallest absolute Gasteiger partial charge is 0.147 e. The van der Waals surface area contributed by atoms with Gasteiger partial charge in [0.2, 0.25) is 0 Å². The molecule has 1 aromatic carbocycles. The van der Waals surface area contributed by atoms with Crippen LogP contribution in [0.4, 0.5) is 14.5 Å². The number of halogens is 3. The molecule has 2 rings (SSSR count). The molecule has 0 radical (unpaired) electrons. The van der Waals surface area contributed by atoms with Crippen LogP contribution in [-0.4, -0.2) is 12.6 Å². The van der Waals surface area contributed by atoms with Gasteiger partial charge in [-0.2, -0.15) is 0 Å². The van der Waals surface area contributed by atoms with Crippen molar-refractivity contribution in [3.8, 4) is 0 Å². The van der Waals surface area contributed by atoms with E-state index < -0.39 is 5.82 Å². The second kappa shape index (κ2) is 4.08. The zero-order valence-corrected chi connectivity index (χ0v) is 10.0. The SMILES string of the molecule is CC1CCCN1c1cc(F)c(Br)cc1F. The van der Waals surface area contributed by atoms with Crippen LogP contribution in [0, 0.1) is 11.6 Å². The maximum Gasteiger partial charge on any atom is 0.147 e. The summed E-state index contributed by atoms with van der Waals surface area (Å²) in [7, 11) is 0. The molecule has 1 unspecified atom stereocenters. The quantitative estimate of drug-likeness (QED) is 0.707. The van der Waals surface area contributed by atoms with E-state index >= 15 is 0 Å². The van der Waals surface area contributed by atoms with Crippen molar-refractivity contribution in [2.75, 3.05) is 11.4 Å². The van der Waals surface area contributed by atoms with Gasteiger partial charge < -0.3 is 4.90 Å². The van der Waals surface area contributed by atoms with Gasteiger partial charge in [-0.3, -0.25) is 0 Å². The summed E-state index contributed by atoms with van der Waals surface area (Å²) in [6.45, 7) is 2.84. The van der Waals surface area contributed by atoms with Crippen molar-refractivity contribution in [3.05, 3.63) is 28.2 Å². The fourth-order valence-corrected chi connectivity index (χ4v) is 2.34. The average molecular weight is 276 g/mol. The van der Waals surface area contributed by atoms with Crippen LogP contribution in [0.2, 0.25) is 0 Å². The summed E-state index contributed by atoms with van der Waals surface area (Å²) in [5.74, 6) is -0.775. The van der Waals surface area contributed by atoms with E-state index in [0.717, 1.165) is 19.4 Å². The molecule has 1 aromatic rings. The number of rotatable bonds is 1. The Morgan fingerprint density at radius 2 is 2.07 bits per heavy atom. The van der Waals surface area contributed by atoms with Crippen molar-refractivity contribution < 1.29 is 8.78 Å². The molecule has 0 amide bonds. The zero-order chi connectivity index (χ0) is 11.0. The normalized spacial score (nSPS) is 21.1. The highest BCUT2D eigenvalue weighted by Crippen LogP contribution is 2.31. The fourth-order valence-electron chi connectivity index (χ4n) is 2.02. The highest BCUT2D eigenvalue weighted by molar-refractivity contribution is 9.10. The minimum absolute atomic E-state index is 0.176. The first kappa shape index (κ1) is 10.9. The lowest BCUT2D eigenvalue weighted by Gasteiger charge is -2.24. The molecule has 0 spiro atoms. The maximum absolute atomic E-state index is 13.6. The van der Waals surface area contributed by atoms with Gasteiger partial charge in [-0.15, -0.1) is 0 Å². The Balaban J connectivity index is 2.39. The monoisotopic (exact) mass is 275 g/mol. The predicted molar refractivity (Wildman–Crippen MR) is 60.1 cm³/mol. The molecule has 1 heterocycles. The van der Waals surface area contributed by atoms with Crippen LogP contribution in [0.15, 0.2) is 16.6 Å². The lowest BCUT2D eigenvalue weighted by Crippen LogP contribution is -2.27. The molecule has 15 heavy (non-hydrogen) atoms. The summed E-state index contributed by atoms with van der Waals surface area (Å²) in [6, 6.07) is 2.75. The molecule has 1 fully saturated rings. The third-order valence-corrected chi connectivity index (χ3v) is 3.46. The van der Waals surface area contributed by atoms with Crippen LogP contribution in [-0.2, 0) is 0 Å². The van der Waals surface area contributed by atoms with Crippen molar-refractivity contribution in [2.24, 2.45) is 0 Å². The van der Waals surface area contributed by atoms with E-state index in [1.165, 1.54) is 12.1 Å². The molecule has 1 nitrogen and oxygen atoms in total. The summed E-state index contributed by atoms with van der Waals surface area (Å²) < 4.78 is 27.1. The van der Waals surface area contributed by atoms with E-state index in [-0.39, 0.29) is 10.3 Å². The molecule has 1 aliphatic heterocycles. The highest BCUT2D eigenvalue weighted by atomic mass is 79.9. The molecule has 0 aromatic heterocycles. The first-order valence-electron chi connectivity index (χ1n) is 5.01. The number of hydrogen-bond acceptors (Lipinski definition) is 1. The molecule has 0 aliphatic carbocycles. The molecule has 0 bridgehead atoms. The topological polar surface area (TPSA) is 3.24 Å². The number of anilines is 1. The molecule has 4 heteroatoms. The fraction of sp³-hybridized carbons (Fsp3) is 0.455. The van der Waals surface area contributed by atoms with Crippen LogP contribution in [0.1, 0.15) is 19.8 Å². The largest absolute Gasteiger partial charge is 0.366 e. The summed E-state index contributed by atoms with van der Waals surface area (Å²) in [5, 5.41) is 0. The Morgan fingerprint density at radius 3 is 2.67 bits per heavy atom. The van der Waals surface area contributed by atoms with E-state index in [0.29, 0.717) is 11.7 Å². The Kier molecular flexibility index (Phi) is 2.96. The van der Waals surface area contributed by atoms with Crippen LogP contribution >= 0.6 is 15.9 Å². The molecular weight excluding hydrogens is 264 g/mol. The van der Waals surface area contributed by atoms with E-state index in [4.69, 9.17) is 0 Å². The van der Waals surface area contributed by atoms with Crippen molar-refractivity contribution in [1.82, 2.24) is 0 Å². The lowest BCUT2D eigenvalue weighted by molar-refractivity contribution is 0.585. The summed E-state index contributed by atoms with van der Waals surface area (Å²) >= 11 is 2.97. The lowest BCUT2D eigenvalue weighted by atomic mass is 10.2. The predicted octanol–water partition coefficient (Wildman–Crippen LogP) is 3.72. The van der Waals surface area contributed by atoms with Crippen LogP contribution < -0.4 is 4.90 Å². The zero-order valence-electron chi connectivity index (χ0n) is 8.43. The molecule has 1 atom stereocenters. The van der Waals surface area contributed by atoms with Gasteiger partial charge in [-0.05, 0) is 41.8 Å². The standard InChI is InChI=1S/C11H12BrF2N/c1-7-3-2-4-15(7)11-6-9(13)8(12)5-10(11)14/h5-7H,2-4H2,1H3. The van der Waals surface area contributed by atoms with E-state index in [1.807, 2.05) is 11.8 Å².